The number of nitrogens with zero attached hydrogens (tertiary/aromatic N) is 3. The predicted octanol–water partition coefficient (Wildman–Crippen LogP) is 2.14. The first-order valence-electron chi connectivity index (χ1n) is 8.64. The van der Waals surface area contributed by atoms with Crippen LogP contribution >= 0.6 is 0 Å². The molecule has 1 unspecified atom stereocenters. The van der Waals surface area contributed by atoms with Gasteiger partial charge in [0, 0.05) is 12.1 Å². The first-order chi connectivity index (χ1) is 13.6. The Hall–Kier alpha value is -3.68. The Balaban J connectivity index is 1.55. The second kappa shape index (κ2) is 8.81. The molecular formula is C20H20N4O4. The van der Waals surface area contributed by atoms with Gasteiger partial charge in [0.25, 0.3) is 5.91 Å². The number of para-hydroxylation sites is 1. The number of carbonyl (C=O) groups excluding carboxylic acids is 2. The Labute approximate surface area is 162 Å². The van der Waals surface area contributed by atoms with Crippen molar-refractivity contribution in [2.75, 3.05) is 7.11 Å². The van der Waals surface area contributed by atoms with Gasteiger partial charge < -0.3 is 14.8 Å². The lowest BCUT2D eigenvalue weighted by atomic mass is 10.2. The van der Waals surface area contributed by atoms with Crippen LogP contribution in [0, 0.1) is 0 Å². The minimum absolute atomic E-state index is 0.275. The fraction of sp³-hybridized carbons (Fsp3) is 0.200. The quantitative estimate of drug-likeness (QED) is 0.631. The minimum Gasteiger partial charge on any atom is -0.496 e. The summed E-state index contributed by atoms with van der Waals surface area (Å²) < 4.78 is 12.1. The Morgan fingerprint density at radius 1 is 1.14 bits per heavy atom. The zero-order valence-electron chi connectivity index (χ0n) is 15.5. The number of carbonyl (C=O) groups is 2. The third-order valence-electron chi connectivity index (χ3n) is 4.08. The lowest BCUT2D eigenvalue weighted by Gasteiger charge is -2.14. The first-order valence-corrected chi connectivity index (χ1v) is 8.64. The zero-order chi connectivity index (χ0) is 19.9. The van der Waals surface area contributed by atoms with Crippen molar-refractivity contribution in [2.45, 2.75) is 19.6 Å². The normalized spacial score (nSPS) is 11.5. The highest BCUT2D eigenvalue weighted by molar-refractivity contribution is 5.92. The predicted molar refractivity (Wildman–Crippen MR) is 101 cm³/mol. The molecule has 8 heteroatoms. The number of methoxy groups -OCH3 is 1. The second-order valence-electron chi connectivity index (χ2n) is 5.96. The van der Waals surface area contributed by atoms with Crippen LogP contribution in [0.15, 0.2) is 61.2 Å². The van der Waals surface area contributed by atoms with E-state index in [9.17, 15) is 9.59 Å². The van der Waals surface area contributed by atoms with E-state index in [1.807, 2.05) is 24.3 Å². The molecule has 0 fully saturated rings. The van der Waals surface area contributed by atoms with Crippen molar-refractivity contribution in [3.05, 3.63) is 72.3 Å². The lowest BCUT2D eigenvalue weighted by Crippen LogP contribution is -2.35. The summed E-state index contributed by atoms with van der Waals surface area (Å²) in [6, 6.07) is 14.0. The van der Waals surface area contributed by atoms with Gasteiger partial charge in [0.05, 0.1) is 18.4 Å². The van der Waals surface area contributed by atoms with Gasteiger partial charge in [-0.15, -0.1) is 0 Å². The van der Waals surface area contributed by atoms with Crippen LogP contribution in [0.25, 0.3) is 5.69 Å². The third kappa shape index (κ3) is 4.53. The summed E-state index contributed by atoms with van der Waals surface area (Å²) in [6.45, 7) is 1.80. The van der Waals surface area contributed by atoms with Crippen LogP contribution in [-0.2, 0) is 16.1 Å². The lowest BCUT2D eigenvalue weighted by molar-refractivity contribution is -0.129. The molecule has 28 heavy (non-hydrogen) atoms. The fourth-order valence-electron chi connectivity index (χ4n) is 2.55. The van der Waals surface area contributed by atoms with Crippen LogP contribution in [0.3, 0.4) is 0 Å². The van der Waals surface area contributed by atoms with Crippen LogP contribution in [0.1, 0.15) is 22.8 Å². The maximum Gasteiger partial charge on any atom is 0.338 e. The summed E-state index contributed by atoms with van der Waals surface area (Å²) in [6.07, 6.45) is 2.05. The van der Waals surface area contributed by atoms with Gasteiger partial charge >= 0.3 is 5.97 Å². The molecule has 0 spiro atoms. The minimum atomic E-state index is -0.933. The van der Waals surface area contributed by atoms with Crippen molar-refractivity contribution >= 4 is 11.9 Å². The molecule has 0 saturated heterocycles. The summed E-state index contributed by atoms with van der Waals surface area (Å²) in [7, 11) is 1.57. The van der Waals surface area contributed by atoms with E-state index in [0.29, 0.717) is 11.3 Å². The van der Waals surface area contributed by atoms with Gasteiger partial charge in [0.15, 0.2) is 6.10 Å². The van der Waals surface area contributed by atoms with Crippen molar-refractivity contribution in [1.82, 2.24) is 20.1 Å². The maximum atomic E-state index is 12.3. The average molecular weight is 380 g/mol. The van der Waals surface area contributed by atoms with E-state index < -0.39 is 18.0 Å². The summed E-state index contributed by atoms with van der Waals surface area (Å²) in [5.74, 6) is -0.288. The van der Waals surface area contributed by atoms with Crippen molar-refractivity contribution < 1.29 is 19.1 Å². The Kier molecular flexibility index (Phi) is 6.01. The molecule has 0 bridgehead atoms. The molecule has 2 aromatic carbocycles. The van der Waals surface area contributed by atoms with Crippen LogP contribution < -0.4 is 10.1 Å². The summed E-state index contributed by atoms with van der Waals surface area (Å²) in [5.41, 5.74) is 1.94. The molecule has 0 aliphatic carbocycles. The van der Waals surface area contributed by atoms with Crippen LogP contribution in [0.2, 0.25) is 0 Å². The molecule has 0 saturated carbocycles. The number of hydrogen-bond acceptors (Lipinski definition) is 6. The summed E-state index contributed by atoms with van der Waals surface area (Å²) in [4.78, 5) is 28.4. The molecular weight excluding hydrogens is 360 g/mol. The summed E-state index contributed by atoms with van der Waals surface area (Å²) in [5, 5.41) is 6.76. The molecule has 1 amide bonds. The molecule has 0 radical (unpaired) electrons. The largest absolute Gasteiger partial charge is 0.496 e. The van der Waals surface area contributed by atoms with Gasteiger partial charge in [-0.2, -0.15) is 5.10 Å². The number of benzene rings is 2. The van der Waals surface area contributed by atoms with Gasteiger partial charge in [-0.05, 0) is 37.3 Å². The summed E-state index contributed by atoms with van der Waals surface area (Å²) >= 11 is 0. The van der Waals surface area contributed by atoms with Crippen LogP contribution in [-0.4, -0.2) is 39.9 Å². The van der Waals surface area contributed by atoms with Crippen LogP contribution in [0.4, 0.5) is 0 Å². The van der Waals surface area contributed by atoms with Crippen molar-refractivity contribution in [3.8, 4) is 11.4 Å². The third-order valence-corrected chi connectivity index (χ3v) is 4.08. The molecule has 8 nitrogen and oxygen atoms in total. The molecule has 0 aliphatic heterocycles. The second-order valence-corrected chi connectivity index (χ2v) is 5.96. The van der Waals surface area contributed by atoms with E-state index in [4.69, 9.17) is 9.47 Å². The van der Waals surface area contributed by atoms with Gasteiger partial charge in [-0.1, -0.05) is 18.2 Å². The van der Waals surface area contributed by atoms with Crippen molar-refractivity contribution in [3.63, 3.8) is 0 Å². The number of amides is 1. The highest BCUT2D eigenvalue weighted by atomic mass is 16.5. The molecule has 1 N–H and O–H groups in total. The van der Waals surface area contributed by atoms with Crippen LogP contribution in [0.5, 0.6) is 5.75 Å². The van der Waals surface area contributed by atoms with Gasteiger partial charge in [0.1, 0.15) is 18.4 Å². The molecule has 1 heterocycles. The topological polar surface area (TPSA) is 95.3 Å². The number of ether oxygens (including phenoxy) is 2. The number of aromatic nitrogens is 3. The fourth-order valence-corrected chi connectivity index (χ4v) is 2.55. The highest BCUT2D eigenvalue weighted by Gasteiger charge is 2.19. The Morgan fingerprint density at radius 3 is 2.57 bits per heavy atom. The Bertz CT molecular complexity index is 939. The van der Waals surface area contributed by atoms with E-state index in [-0.39, 0.29) is 6.54 Å². The SMILES string of the molecule is COc1ccccc1CNC(=O)C(C)OC(=O)c1ccc(-n2cncn2)cc1. The van der Waals surface area contributed by atoms with Crippen molar-refractivity contribution in [1.29, 1.82) is 0 Å². The van der Waals surface area contributed by atoms with Crippen molar-refractivity contribution in [2.24, 2.45) is 0 Å². The molecule has 144 valence electrons. The average Bonchev–Trinajstić information content (AvgIpc) is 3.27. The van der Waals surface area contributed by atoms with Gasteiger partial charge in [0.2, 0.25) is 0 Å². The molecule has 1 aromatic heterocycles. The van der Waals surface area contributed by atoms with E-state index in [1.54, 1.807) is 42.4 Å². The van der Waals surface area contributed by atoms with E-state index in [2.05, 4.69) is 15.4 Å². The number of hydrogen-bond donors (Lipinski definition) is 1. The molecule has 3 rings (SSSR count). The monoisotopic (exact) mass is 380 g/mol. The standard InChI is InChI=1S/C20H20N4O4/c1-14(19(25)22-11-16-5-3-4-6-18(16)27-2)28-20(26)15-7-9-17(10-8-15)24-13-21-12-23-24/h3-10,12-14H,11H2,1-2H3,(H,22,25). The highest BCUT2D eigenvalue weighted by Crippen LogP contribution is 2.17. The van der Waals surface area contributed by atoms with E-state index >= 15 is 0 Å². The van der Waals surface area contributed by atoms with Gasteiger partial charge in [-0.25, -0.2) is 14.5 Å². The van der Waals surface area contributed by atoms with E-state index in [0.717, 1.165) is 11.3 Å². The zero-order valence-corrected chi connectivity index (χ0v) is 15.5. The molecule has 0 aliphatic rings. The maximum absolute atomic E-state index is 12.3. The first kappa shape index (κ1) is 19.1. The number of rotatable bonds is 7. The van der Waals surface area contributed by atoms with E-state index in [1.165, 1.54) is 13.3 Å². The number of nitrogens with one attached hydrogen (secondary N) is 1. The van der Waals surface area contributed by atoms with Gasteiger partial charge in [-0.3, -0.25) is 4.79 Å². The Morgan fingerprint density at radius 2 is 1.89 bits per heavy atom. The molecule has 3 aromatic rings. The molecule has 1 atom stereocenters. The smallest absolute Gasteiger partial charge is 0.338 e. The number of esters is 1.